The highest BCUT2D eigenvalue weighted by Crippen LogP contribution is 2.45. The molecule has 0 bridgehead atoms. The molecule has 0 atom stereocenters. The Morgan fingerprint density at radius 3 is 2.44 bits per heavy atom. The van der Waals surface area contributed by atoms with Crippen molar-refractivity contribution in [2.45, 2.75) is 31.3 Å². The third kappa shape index (κ3) is 3.70. The third-order valence-corrected chi connectivity index (χ3v) is 5.31. The fraction of sp³-hybridized carbons (Fsp3) is 0.217. The van der Waals surface area contributed by atoms with E-state index < -0.39 is 0 Å². The molecular formula is C23H22N2O2. The van der Waals surface area contributed by atoms with E-state index in [4.69, 9.17) is 0 Å². The van der Waals surface area contributed by atoms with Gasteiger partial charge in [0.05, 0.1) is 12.0 Å². The predicted molar refractivity (Wildman–Crippen MR) is 106 cm³/mol. The average molecular weight is 358 g/mol. The Morgan fingerprint density at radius 2 is 1.70 bits per heavy atom. The normalized spacial score (nSPS) is 14.5. The number of nitrogens with one attached hydrogen (secondary N) is 2. The van der Waals surface area contributed by atoms with Crippen LogP contribution in [-0.4, -0.2) is 12.3 Å². The van der Waals surface area contributed by atoms with Gasteiger partial charge in [-0.1, -0.05) is 66.7 Å². The number of benzene rings is 3. The van der Waals surface area contributed by atoms with Crippen molar-refractivity contribution in [1.29, 1.82) is 0 Å². The van der Waals surface area contributed by atoms with Crippen LogP contribution in [0.2, 0.25) is 0 Å². The van der Waals surface area contributed by atoms with Crippen LogP contribution < -0.4 is 10.6 Å². The van der Waals surface area contributed by atoms with Crippen LogP contribution in [0, 0.1) is 0 Å². The second-order valence-electron chi connectivity index (χ2n) is 7.13. The van der Waals surface area contributed by atoms with Gasteiger partial charge in [0.25, 0.3) is 0 Å². The second kappa shape index (κ2) is 7.23. The van der Waals surface area contributed by atoms with Gasteiger partial charge in [-0.05, 0) is 40.3 Å². The summed E-state index contributed by atoms with van der Waals surface area (Å²) < 4.78 is 0. The van der Waals surface area contributed by atoms with Crippen LogP contribution in [0.3, 0.4) is 0 Å². The van der Waals surface area contributed by atoms with Crippen LogP contribution in [0.4, 0.5) is 0 Å². The standard InChI is InChI=1S/C23H22N2O2/c26-16-25-23(12-13-23)20-10-8-17(9-11-20)15-24-22(27)14-19-6-3-5-18-4-1-2-7-21(18)19/h1-11,16H,12-15H2,(H,24,27)(H,25,26). The zero-order valence-corrected chi connectivity index (χ0v) is 15.1. The van der Waals surface area contributed by atoms with E-state index in [0.29, 0.717) is 13.0 Å². The van der Waals surface area contributed by atoms with Crippen molar-refractivity contribution in [2.75, 3.05) is 0 Å². The van der Waals surface area contributed by atoms with E-state index in [-0.39, 0.29) is 11.4 Å². The van der Waals surface area contributed by atoms with E-state index in [1.807, 2.05) is 48.5 Å². The van der Waals surface area contributed by atoms with E-state index in [0.717, 1.165) is 46.7 Å². The Kier molecular flexibility index (Phi) is 4.63. The molecule has 2 N–H and O–H groups in total. The minimum absolute atomic E-state index is 0.0108. The highest BCUT2D eigenvalue weighted by molar-refractivity contribution is 5.90. The minimum Gasteiger partial charge on any atom is -0.352 e. The average Bonchev–Trinajstić information content (AvgIpc) is 3.48. The number of hydrogen-bond donors (Lipinski definition) is 2. The first-order valence-electron chi connectivity index (χ1n) is 9.24. The number of fused-ring (bicyclic) bond motifs is 1. The van der Waals surface area contributed by atoms with Gasteiger partial charge in [0.15, 0.2) is 0 Å². The summed E-state index contributed by atoms with van der Waals surface area (Å²) in [5.74, 6) is 0.0108. The molecule has 3 aromatic rings. The zero-order chi connectivity index (χ0) is 18.7. The summed E-state index contributed by atoms with van der Waals surface area (Å²) in [6, 6.07) is 22.3. The lowest BCUT2D eigenvalue weighted by atomic mass is 10.0. The molecule has 4 heteroatoms. The maximum Gasteiger partial charge on any atom is 0.224 e. The maximum atomic E-state index is 12.4. The first-order chi connectivity index (χ1) is 13.2. The van der Waals surface area contributed by atoms with Crippen LogP contribution >= 0.6 is 0 Å². The van der Waals surface area contributed by atoms with Crippen molar-refractivity contribution in [3.05, 3.63) is 83.4 Å². The molecule has 2 amide bonds. The fourth-order valence-electron chi connectivity index (χ4n) is 3.58. The van der Waals surface area contributed by atoms with Gasteiger partial charge in [-0.25, -0.2) is 0 Å². The third-order valence-electron chi connectivity index (χ3n) is 5.31. The minimum atomic E-state index is -0.169. The number of rotatable bonds is 7. The van der Waals surface area contributed by atoms with Gasteiger partial charge in [0.2, 0.25) is 12.3 Å². The Bertz CT molecular complexity index is 970. The number of hydrogen-bond acceptors (Lipinski definition) is 2. The van der Waals surface area contributed by atoms with Crippen LogP contribution in [0.15, 0.2) is 66.7 Å². The first kappa shape index (κ1) is 17.3. The number of carbonyl (C=O) groups excluding carboxylic acids is 2. The van der Waals surface area contributed by atoms with E-state index in [1.165, 1.54) is 0 Å². The van der Waals surface area contributed by atoms with Crippen molar-refractivity contribution in [1.82, 2.24) is 10.6 Å². The van der Waals surface area contributed by atoms with E-state index in [9.17, 15) is 9.59 Å². The van der Waals surface area contributed by atoms with Crippen LogP contribution in [0.1, 0.15) is 29.5 Å². The summed E-state index contributed by atoms with van der Waals surface area (Å²) in [5, 5.41) is 8.18. The lowest BCUT2D eigenvalue weighted by Crippen LogP contribution is -2.27. The van der Waals surface area contributed by atoms with Gasteiger partial charge in [-0.2, -0.15) is 0 Å². The Labute approximate surface area is 158 Å². The van der Waals surface area contributed by atoms with Crippen LogP contribution in [0.5, 0.6) is 0 Å². The molecule has 1 aliphatic carbocycles. The molecule has 0 unspecified atom stereocenters. The van der Waals surface area contributed by atoms with Gasteiger partial charge < -0.3 is 10.6 Å². The largest absolute Gasteiger partial charge is 0.352 e. The highest BCUT2D eigenvalue weighted by Gasteiger charge is 2.43. The summed E-state index contributed by atoms with van der Waals surface area (Å²) in [6.45, 7) is 0.498. The molecule has 136 valence electrons. The Morgan fingerprint density at radius 1 is 0.963 bits per heavy atom. The summed E-state index contributed by atoms with van der Waals surface area (Å²) in [4.78, 5) is 23.1. The zero-order valence-electron chi connectivity index (χ0n) is 15.1. The van der Waals surface area contributed by atoms with Crippen molar-refractivity contribution in [3.8, 4) is 0 Å². The molecule has 4 nitrogen and oxygen atoms in total. The second-order valence-corrected chi connectivity index (χ2v) is 7.13. The summed E-state index contributed by atoms with van der Waals surface area (Å²) in [7, 11) is 0. The van der Waals surface area contributed by atoms with Crippen molar-refractivity contribution in [2.24, 2.45) is 0 Å². The molecule has 0 aliphatic heterocycles. The van der Waals surface area contributed by atoms with E-state index in [1.54, 1.807) is 0 Å². The SMILES string of the molecule is O=CNC1(c2ccc(CNC(=O)Cc3cccc4ccccc34)cc2)CC1. The van der Waals surface area contributed by atoms with Gasteiger partial charge >= 0.3 is 0 Å². The molecule has 1 aliphatic rings. The van der Waals surface area contributed by atoms with Gasteiger partial charge in [-0.15, -0.1) is 0 Å². The molecule has 1 saturated carbocycles. The lowest BCUT2D eigenvalue weighted by Gasteiger charge is -2.15. The van der Waals surface area contributed by atoms with Crippen molar-refractivity contribution < 1.29 is 9.59 Å². The molecule has 0 aromatic heterocycles. The summed E-state index contributed by atoms with van der Waals surface area (Å²) in [5.41, 5.74) is 3.04. The smallest absolute Gasteiger partial charge is 0.224 e. The number of amides is 2. The van der Waals surface area contributed by atoms with Crippen molar-refractivity contribution >= 4 is 23.1 Å². The summed E-state index contributed by atoms with van der Waals surface area (Å²) >= 11 is 0. The van der Waals surface area contributed by atoms with Crippen LogP contribution in [0.25, 0.3) is 10.8 Å². The highest BCUT2D eigenvalue weighted by atomic mass is 16.1. The molecule has 4 rings (SSSR count). The molecule has 0 spiro atoms. The topological polar surface area (TPSA) is 58.2 Å². The summed E-state index contributed by atoms with van der Waals surface area (Å²) in [6.07, 6.45) is 3.10. The fourth-order valence-corrected chi connectivity index (χ4v) is 3.58. The quantitative estimate of drug-likeness (QED) is 0.636. The first-order valence-corrected chi connectivity index (χ1v) is 9.24. The molecule has 0 saturated heterocycles. The van der Waals surface area contributed by atoms with E-state index >= 15 is 0 Å². The molecule has 0 radical (unpaired) electrons. The van der Waals surface area contributed by atoms with Crippen LogP contribution in [-0.2, 0) is 28.1 Å². The lowest BCUT2D eigenvalue weighted by molar-refractivity contribution is -0.120. The van der Waals surface area contributed by atoms with Crippen molar-refractivity contribution in [3.63, 3.8) is 0 Å². The van der Waals surface area contributed by atoms with Gasteiger partial charge in [0.1, 0.15) is 0 Å². The monoisotopic (exact) mass is 358 g/mol. The molecule has 27 heavy (non-hydrogen) atoms. The van der Waals surface area contributed by atoms with Gasteiger partial charge in [-0.3, -0.25) is 9.59 Å². The maximum absolute atomic E-state index is 12.4. The number of carbonyl (C=O) groups is 2. The molecule has 3 aromatic carbocycles. The van der Waals surface area contributed by atoms with E-state index in [2.05, 4.69) is 28.8 Å². The molecular weight excluding hydrogens is 336 g/mol. The Hall–Kier alpha value is -3.14. The predicted octanol–water partition coefficient (Wildman–Crippen LogP) is 3.43. The molecule has 0 heterocycles. The van der Waals surface area contributed by atoms with Gasteiger partial charge in [0, 0.05) is 6.54 Å². The molecule has 1 fully saturated rings. The Balaban J connectivity index is 1.37.